The third kappa shape index (κ3) is 11.8. The van der Waals surface area contributed by atoms with Gasteiger partial charge in [-0.05, 0) is 42.5 Å². The van der Waals surface area contributed by atoms with Crippen molar-refractivity contribution >= 4 is 55.9 Å². The Labute approximate surface area is 305 Å². The Kier molecular flexibility index (Phi) is 16.0. The Morgan fingerprint density at radius 3 is 1.83 bits per heavy atom. The molecule has 0 radical (unpaired) electrons. The van der Waals surface area contributed by atoms with Crippen molar-refractivity contribution in [1.82, 2.24) is 0 Å². The summed E-state index contributed by atoms with van der Waals surface area (Å²) >= 11 is 0. The second-order valence-corrected chi connectivity index (χ2v) is 9.83. The number of aromatic hydroxyl groups is 2. The van der Waals surface area contributed by atoms with Gasteiger partial charge in [0.25, 0.3) is 6.47 Å². The number of rotatable bonds is 9. The molecule has 0 aromatic heterocycles. The van der Waals surface area contributed by atoms with Gasteiger partial charge in [0.2, 0.25) is 0 Å². The Balaban J connectivity index is 0.00000166. The van der Waals surface area contributed by atoms with Gasteiger partial charge in [-0.15, -0.1) is 42.5 Å². The molecule has 0 saturated carbocycles. The average Bonchev–Trinajstić information content (AvgIpc) is 2.96. The van der Waals surface area contributed by atoms with Crippen LogP contribution in [0.5, 0.6) is 17.2 Å². The molecule has 4 aromatic carbocycles. The van der Waals surface area contributed by atoms with E-state index < -0.39 is 37.3 Å². The molecule has 0 bridgehead atoms. The van der Waals surface area contributed by atoms with Crippen molar-refractivity contribution < 1.29 is 114 Å². The van der Waals surface area contributed by atoms with E-state index in [0.29, 0.717) is 0 Å². The van der Waals surface area contributed by atoms with Gasteiger partial charge in [-0.25, -0.2) is 18.3 Å². The molecule has 0 aliphatic rings. The fourth-order valence-corrected chi connectivity index (χ4v) is 4.06. The summed E-state index contributed by atoms with van der Waals surface area (Å²) < 4.78 is 66.0. The molecule has 0 fully saturated rings. The number of phenols is 2. The van der Waals surface area contributed by atoms with Crippen molar-refractivity contribution in [2.24, 2.45) is 20.5 Å². The first-order valence-electron chi connectivity index (χ1n) is 11.5. The van der Waals surface area contributed by atoms with Gasteiger partial charge in [-0.3, -0.25) is 4.79 Å². The van der Waals surface area contributed by atoms with E-state index in [9.17, 15) is 32.8 Å². The summed E-state index contributed by atoms with van der Waals surface area (Å²) in [6.45, 7) is 0.124. The van der Waals surface area contributed by atoms with Crippen molar-refractivity contribution in [3.8, 4) is 28.4 Å². The SMILES string of the molecule is O=COc1cc(N=Nc2ccc(-c3[c-]cc(N=Nc4ccc(O)c(C(=O)O)c4)cc3)c(S(=O)(=O)[O-])c2)ccc1O.O=S(=O)=O.[Na+].[Na+]. The molecule has 0 spiro atoms. The van der Waals surface area contributed by atoms with Gasteiger partial charge in [-0.2, -0.15) is 15.3 Å². The van der Waals surface area contributed by atoms with E-state index >= 15 is 0 Å². The maximum absolute atomic E-state index is 12.0. The number of ether oxygens (including phenoxy) is 1. The van der Waals surface area contributed by atoms with Crippen LogP contribution in [0.15, 0.2) is 98.1 Å². The third-order valence-electron chi connectivity index (χ3n) is 5.21. The minimum Gasteiger partial charge on any atom is -0.745 e. The first kappa shape index (κ1) is 40.2. The molecular weight excluding hydrogens is 670 g/mol. The summed E-state index contributed by atoms with van der Waals surface area (Å²) in [5, 5.41) is 44.0. The molecule has 0 aliphatic carbocycles. The number of hydrogen-bond acceptors (Lipinski definition) is 15. The van der Waals surface area contributed by atoms with E-state index in [1.54, 1.807) is 0 Å². The number of carboxylic acids is 1. The quantitative estimate of drug-likeness (QED) is 0.0600. The monoisotopic (exact) mass is 686 g/mol. The Hall–Kier alpha value is -3.85. The van der Waals surface area contributed by atoms with Gasteiger partial charge in [0, 0.05) is 16.6 Å². The molecule has 4 aromatic rings. The Morgan fingerprint density at radius 2 is 1.30 bits per heavy atom. The predicted octanol–water partition coefficient (Wildman–Crippen LogP) is -1.46. The second kappa shape index (κ2) is 18.3. The summed E-state index contributed by atoms with van der Waals surface area (Å²) in [5.41, 5.74) is 0.629. The number of nitrogens with zero attached hydrogens (tertiary/aromatic N) is 4. The van der Waals surface area contributed by atoms with Crippen molar-refractivity contribution in [2.45, 2.75) is 4.90 Å². The van der Waals surface area contributed by atoms with Gasteiger partial charge in [0.1, 0.15) is 21.4 Å². The Bertz CT molecular complexity index is 2000. The zero-order chi connectivity index (χ0) is 32.4. The van der Waals surface area contributed by atoms with Gasteiger partial charge in [0.15, 0.2) is 11.5 Å². The van der Waals surface area contributed by atoms with Crippen LogP contribution in [0, 0.1) is 6.07 Å². The van der Waals surface area contributed by atoms with E-state index in [0.717, 1.165) is 12.1 Å². The fourth-order valence-electron chi connectivity index (χ4n) is 3.35. The number of carboxylic acid groups (broad SMARTS) is 1. The van der Waals surface area contributed by atoms with E-state index in [1.807, 2.05) is 0 Å². The third-order valence-corrected chi connectivity index (χ3v) is 6.09. The maximum atomic E-state index is 12.0. The molecule has 0 unspecified atom stereocenters. The first-order valence-corrected chi connectivity index (χ1v) is 13.9. The van der Waals surface area contributed by atoms with Crippen LogP contribution in [-0.2, 0) is 25.5 Å². The average molecular weight is 687 g/mol. The van der Waals surface area contributed by atoms with Crippen LogP contribution in [0.25, 0.3) is 11.1 Å². The second-order valence-electron chi connectivity index (χ2n) is 8.07. The van der Waals surface area contributed by atoms with Crippen molar-refractivity contribution in [3.05, 3.63) is 84.4 Å². The van der Waals surface area contributed by atoms with E-state index in [2.05, 4.69) is 31.3 Å². The summed E-state index contributed by atoms with van der Waals surface area (Å²) in [4.78, 5) is 21.1. The molecule has 0 heterocycles. The van der Waals surface area contributed by atoms with E-state index in [4.69, 9.17) is 17.7 Å². The standard InChI is InChI=1S/C26H17N4O9S.2Na.O3S/c31-14-39-24-12-18(7-10-23(24)33)29-30-19-5-8-20(25(13-19)40(36,37)38)15-1-3-16(4-2-15)27-28-17-6-9-22(32)21(11-17)26(34)35;;;1-4(2)3/h1,3-14,32-33H,(H,34,35)(H,36,37,38);;;/q-1;2*+1;/p-1. The number of aromatic carboxylic acids is 1. The summed E-state index contributed by atoms with van der Waals surface area (Å²) in [6.07, 6.45) is 0. The number of azo groups is 2. The molecule has 0 amide bonds. The number of hydrogen-bond donors (Lipinski definition) is 3. The predicted molar refractivity (Wildman–Crippen MR) is 147 cm³/mol. The van der Waals surface area contributed by atoms with Crippen molar-refractivity contribution in [1.29, 1.82) is 0 Å². The first-order chi connectivity index (χ1) is 20.8. The van der Waals surface area contributed by atoms with Crippen LogP contribution in [0.2, 0.25) is 0 Å². The molecule has 0 aliphatic heterocycles. The van der Waals surface area contributed by atoms with Crippen LogP contribution in [-0.4, -0.2) is 53.4 Å². The van der Waals surface area contributed by atoms with Crippen LogP contribution in [0.1, 0.15) is 10.4 Å². The molecule has 0 saturated heterocycles. The summed E-state index contributed by atoms with van der Waals surface area (Å²) in [6, 6.07) is 18.5. The van der Waals surface area contributed by atoms with Crippen molar-refractivity contribution in [3.63, 3.8) is 0 Å². The topological polar surface area (TPSA) is 262 Å². The van der Waals surface area contributed by atoms with Gasteiger partial charge in [-0.1, -0.05) is 11.6 Å². The Morgan fingerprint density at radius 1 is 0.804 bits per heavy atom. The maximum Gasteiger partial charge on any atom is 1.00 e. The molecule has 4 rings (SSSR count). The van der Waals surface area contributed by atoms with E-state index in [1.165, 1.54) is 60.7 Å². The molecule has 46 heavy (non-hydrogen) atoms. The number of phenolic OH excluding ortho intramolecular Hbond substituents is 1. The molecular formula is C26H16N4Na2O12S2. The van der Waals surface area contributed by atoms with Crippen LogP contribution >= 0.6 is 0 Å². The van der Waals surface area contributed by atoms with Gasteiger partial charge < -0.3 is 24.6 Å². The minimum atomic E-state index is -4.95. The zero-order valence-corrected chi connectivity index (χ0v) is 29.3. The largest absolute Gasteiger partial charge is 1.00 e. The smallest absolute Gasteiger partial charge is 0.745 e. The summed E-state index contributed by atoms with van der Waals surface area (Å²) in [7, 11) is -8.06. The number of carbonyl (C=O) groups is 2. The fraction of sp³-hybridized carbons (Fsp3) is 0. The molecule has 20 heteroatoms. The number of carbonyl (C=O) groups excluding carboxylic acids is 1. The van der Waals surface area contributed by atoms with Crippen LogP contribution in [0.3, 0.4) is 0 Å². The number of benzene rings is 4. The normalized spacial score (nSPS) is 10.6. The molecule has 226 valence electrons. The zero-order valence-electron chi connectivity index (χ0n) is 23.6. The molecule has 3 N–H and O–H groups in total. The van der Waals surface area contributed by atoms with Crippen LogP contribution < -0.4 is 63.9 Å². The summed E-state index contributed by atoms with van der Waals surface area (Å²) in [5.74, 6) is -2.20. The van der Waals surface area contributed by atoms with Gasteiger partial charge >= 0.3 is 75.7 Å². The van der Waals surface area contributed by atoms with Crippen LogP contribution in [0.4, 0.5) is 22.7 Å². The van der Waals surface area contributed by atoms with E-state index in [-0.39, 0.29) is 117 Å². The molecule has 0 atom stereocenters. The van der Waals surface area contributed by atoms with Crippen molar-refractivity contribution in [2.75, 3.05) is 0 Å². The van der Waals surface area contributed by atoms with Gasteiger partial charge in [0.05, 0.1) is 17.1 Å². The minimum absolute atomic E-state index is 0. The molecule has 16 nitrogen and oxygen atoms in total.